The third-order valence-corrected chi connectivity index (χ3v) is 5.22. The van der Waals surface area contributed by atoms with E-state index in [2.05, 4.69) is 17.6 Å². The van der Waals surface area contributed by atoms with Crippen molar-refractivity contribution >= 4 is 11.8 Å². The molecular weight excluding hydrogens is 314 g/mol. The van der Waals surface area contributed by atoms with Crippen LogP contribution in [0, 0.1) is 5.92 Å². The summed E-state index contributed by atoms with van der Waals surface area (Å²) >= 11 is 0. The van der Waals surface area contributed by atoms with Gasteiger partial charge < -0.3 is 15.5 Å². The van der Waals surface area contributed by atoms with Gasteiger partial charge in [-0.3, -0.25) is 9.59 Å². The van der Waals surface area contributed by atoms with Gasteiger partial charge in [0.2, 0.25) is 11.8 Å². The van der Waals surface area contributed by atoms with Crippen LogP contribution >= 0.6 is 0 Å². The Bertz CT molecular complexity index is 576. The largest absolute Gasteiger partial charge is 0.348 e. The molecule has 0 unspecified atom stereocenters. The topological polar surface area (TPSA) is 61.4 Å². The number of piperidine rings is 1. The van der Waals surface area contributed by atoms with Crippen LogP contribution in [0.15, 0.2) is 30.3 Å². The van der Waals surface area contributed by atoms with Crippen LogP contribution in [-0.2, 0) is 9.59 Å². The molecule has 2 rings (SSSR count). The van der Waals surface area contributed by atoms with E-state index in [9.17, 15) is 9.59 Å². The number of nitrogens with zero attached hydrogens (tertiary/aromatic N) is 1. The first-order chi connectivity index (χ1) is 11.9. The number of likely N-dealkylation sites (tertiary alicyclic amines) is 1. The molecule has 1 aliphatic heterocycles. The predicted molar refractivity (Wildman–Crippen MR) is 100 cm³/mol. The van der Waals surface area contributed by atoms with Crippen LogP contribution in [0.5, 0.6) is 0 Å². The first kappa shape index (κ1) is 19.4. The summed E-state index contributed by atoms with van der Waals surface area (Å²) in [4.78, 5) is 26.0. The maximum atomic E-state index is 12.5. The molecule has 2 amide bonds. The smallest absolute Gasteiger partial charge is 0.237 e. The number of nitrogens with one attached hydrogen (secondary N) is 2. The molecule has 4 atom stereocenters. The van der Waals surface area contributed by atoms with E-state index in [1.165, 1.54) is 0 Å². The first-order valence-electron chi connectivity index (χ1n) is 9.29. The average molecular weight is 345 g/mol. The molecule has 25 heavy (non-hydrogen) atoms. The second-order valence-corrected chi connectivity index (χ2v) is 7.06. The molecule has 1 heterocycles. The van der Waals surface area contributed by atoms with Gasteiger partial charge in [0, 0.05) is 26.1 Å². The van der Waals surface area contributed by atoms with E-state index in [1.807, 2.05) is 49.1 Å². The molecule has 0 saturated carbocycles. The van der Waals surface area contributed by atoms with Crippen molar-refractivity contribution in [2.45, 2.75) is 58.7 Å². The summed E-state index contributed by atoms with van der Waals surface area (Å²) in [6, 6.07) is 9.98. The number of amides is 2. The van der Waals surface area contributed by atoms with E-state index < -0.39 is 0 Å². The fraction of sp³-hybridized carbons (Fsp3) is 0.600. The van der Waals surface area contributed by atoms with E-state index in [1.54, 1.807) is 6.92 Å². The Morgan fingerprint density at radius 3 is 2.52 bits per heavy atom. The summed E-state index contributed by atoms with van der Waals surface area (Å²) < 4.78 is 0. The second-order valence-electron chi connectivity index (χ2n) is 7.06. The summed E-state index contributed by atoms with van der Waals surface area (Å²) in [7, 11) is 0. The minimum absolute atomic E-state index is 0.0141. The Hall–Kier alpha value is -1.88. The Morgan fingerprint density at radius 2 is 1.92 bits per heavy atom. The molecule has 5 heteroatoms. The summed E-state index contributed by atoms with van der Waals surface area (Å²) in [5.41, 5.74) is 1.10. The zero-order valence-electron chi connectivity index (χ0n) is 15.8. The third kappa shape index (κ3) is 5.30. The van der Waals surface area contributed by atoms with Gasteiger partial charge in [0.25, 0.3) is 0 Å². The molecule has 5 nitrogen and oxygen atoms in total. The molecule has 1 saturated heterocycles. The van der Waals surface area contributed by atoms with E-state index in [-0.39, 0.29) is 29.9 Å². The highest BCUT2D eigenvalue weighted by Gasteiger charge is 2.31. The molecule has 138 valence electrons. The van der Waals surface area contributed by atoms with Gasteiger partial charge in [-0.15, -0.1) is 0 Å². The van der Waals surface area contributed by atoms with Crippen LogP contribution < -0.4 is 10.6 Å². The van der Waals surface area contributed by atoms with Gasteiger partial charge in [-0.25, -0.2) is 0 Å². The zero-order chi connectivity index (χ0) is 18.4. The van der Waals surface area contributed by atoms with Crippen molar-refractivity contribution in [3.63, 3.8) is 0 Å². The normalized spacial score (nSPS) is 23.0. The number of rotatable bonds is 6. The van der Waals surface area contributed by atoms with Crippen molar-refractivity contribution < 1.29 is 9.59 Å². The first-order valence-corrected chi connectivity index (χ1v) is 9.29. The maximum absolute atomic E-state index is 12.5. The Balaban J connectivity index is 1.88. The molecule has 0 radical (unpaired) electrons. The fourth-order valence-corrected chi connectivity index (χ4v) is 3.51. The van der Waals surface area contributed by atoms with Gasteiger partial charge in [-0.2, -0.15) is 0 Å². The van der Waals surface area contributed by atoms with E-state index in [0.29, 0.717) is 5.92 Å². The van der Waals surface area contributed by atoms with E-state index >= 15 is 0 Å². The van der Waals surface area contributed by atoms with Gasteiger partial charge >= 0.3 is 0 Å². The molecule has 2 N–H and O–H groups in total. The standard InChI is InChI=1S/C20H31N3O2/c1-5-17-13-23(16(4)24)12-11-19(17)21-15(3)20(25)22-14(2)18-9-7-6-8-10-18/h6-10,14-15,17,19,21H,5,11-13H2,1-4H3,(H,22,25)/t14-,15-,17+,19-/m0/s1. The van der Waals surface area contributed by atoms with Crippen LogP contribution in [0.25, 0.3) is 0 Å². The molecule has 0 aromatic heterocycles. The van der Waals surface area contributed by atoms with Crippen LogP contribution in [-0.4, -0.2) is 41.9 Å². The molecule has 1 fully saturated rings. The maximum Gasteiger partial charge on any atom is 0.237 e. The number of carbonyl (C=O) groups is 2. The lowest BCUT2D eigenvalue weighted by Crippen LogP contribution is -2.55. The zero-order valence-corrected chi connectivity index (χ0v) is 15.8. The van der Waals surface area contributed by atoms with Crippen LogP contribution in [0.4, 0.5) is 0 Å². The summed E-state index contributed by atoms with van der Waals surface area (Å²) in [5.74, 6) is 0.541. The number of carbonyl (C=O) groups excluding carboxylic acids is 2. The molecule has 0 spiro atoms. The molecule has 1 aliphatic rings. The minimum atomic E-state index is -0.255. The fourth-order valence-electron chi connectivity index (χ4n) is 3.51. The van der Waals surface area contributed by atoms with Crippen molar-refractivity contribution in [3.8, 4) is 0 Å². The van der Waals surface area contributed by atoms with E-state index in [0.717, 1.165) is 31.5 Å². The monoisotopic (exact) mass is 345 g/mol. The van der Waals surface area contributed by atoms with Crippen molar-refractivity contribution in [3.05, 3.63) is 35.9 Å². The van der Waals surface area contributed by atoms with Gasteiger partial charge in [0.15, 0.2) is 0 Å². The van der Waals surface area contributed by atoms with Gasteiger partial charge in [0.05, 0.1) is 12.1 Å². The average Bonchev–Trinajstić information content (AvgIpc) is 2.62. The third-order valence-electron chi connectivity index (χ3n) is 5.22. The Morgan fingerprint density at radius 1 is 1.24 bits per heavy atom. The van der Waals surface area contributed by atoms with Gasteiger partial charge in [-0.05, 0) is 31.7 Å². The molecule has 1 aromatic carbocycles. The van der Waals surface area contributed by atoms with Gasteiger partial charge in [-0.1, -0.05) is 43.7 Å². The van der Waals surface area contributed by atoms with Crippen molar-refractivity contribution in [2.24, 2.45) is 5.92 Å². The molecule has 0 aliphatic carbocycles. The van der Waals surface area contributed by atoms with Gasteiger partial charge in [0.1, 0.15) is 0 Å². The Labute approximate surface area is 151 Å². The van der Waals surface area contributed by atoms with Crippen molar-refractivity contribution in [1.29, 1.82) is 0 Å². The summed E-state index contributed by atoms with van der Waals surface area (Å²) in [5, 5.41) is 6.57. The predicted octanol–water partition coefficient (Wildman–Crippen LogP) is 2.49. The van der Waals surface area contributed by atoms with Crippen LogP contribution in [0.2, 0.25) is 0 Å². The highest BCUT2D eigenvalue weighted by molar-refractivity contribution is 5.81. The lowest BCUT2D eigenvalue weighted by Gasteiger charge is -2.39. The van der Waals surface area contributed by atoms with E-state index in [4.69, 9.17) is 0 Å². The van der Waals surface area contributed by atoms with Crippen molar-refractivity contribution in [1.82, 2.24) is 15.5 Å². The number of benzene rings is 1. The Kier molecular flexibility index (Phi) is 7.00. The molecule has 1 aromatic rings. The lowest BCUT2D eigenvalue weighted by atomic mass is 9.89. The quantitative estimate of drug-likeness (QED) is 0.833. The summed E-state index contributed by atoms with van der Waals surface area (Å²) in [6.07, 6.45) is 1.89. The number of hydrogen-bond donors (Lipinski definition) is 2. The van der Waals surface area contributed by atoms with Crippen LogP contribution in [0.1, 0.15) is 52.1 Å². The minimum Gasteiger partial charge on any atom is -0.348 e. The molecular formula is C20H31N3O2. The summed E-state index contributed by atoms with van der Waals surface area (Å²) in [6.45, 7) is 9.22. The highest BCUT2D eigenvalue weighted by Crippen LogP contribution is 2.21. The highest BCUT2D eigenvalue weighted by atomic mass is 16.2. The SMILES string of the molecule is CC[C@@H]1CN(C(C)=O)CC[C@@H]1N[C@@H](C)C(=O)N[C@@H](C)c1ccccc1. The van der Waals surface area contributed by atoms with Crippen LogP contribution in [0.3, 0.4) is 0 Å². The lowest BCUT2D eigenvalue weighted by molar-refractivity contribution is -0.131. The second kappa shape index (κ2) is 8.99. The molecule has 0 bridgehead atoms. The number of hydrogen-bond acceptors (Lipinski definition) is 3. The van der Waals surface area contributed by atoms with Crippen molar-refractivity contribution in [2.75, 3.05) is 13.1 Å².